The van der Waals surface area contributed by atoms with Crippen LogP contribution in [0.2, 0.25) is 0 Å². The third-order valence-electron chi connectivity index (χ3n) is 7.90. The Hall–Kier alpha value is -1.89. The Balaban J connectivity index is 1.21. The number of carbonyl (C=O) groups excluding carboxylic acids is 1. The first-order valence-corrected chi connectivity index (χ1v) is 12.6. The van der Waals surface area contributed by atoms with Crippen LogP contribution >= 0.6 is 0 Å². The van der Waals surface area contributed by atoms with Crippen LogP contribution < -0.4 is 26.7 Å². The first-order chi connectivity index (χ1) is 16.6. The van der Waals surface area contributed by atoms with E-state index in [0.717, 1.165) is 70.0 Å². The molecule has 34 heavy (non-hydrogen) atoms. The van der Waals surface area contributed by atoms with Gasteiger partial charge in [0, 0.05) is 58.1 Å². The van der Waals surface area contributed by atoms with Gasteiger partial charge in [-0.2, -0.15) is 0 Å². The number of carbonyl (C=O) groups is 1. The molecule has 4 saturated heterocycles. The van der Waals surface area contributed by atoms with Crippen LogP contribution in [0.1, 0.15) is 30.7 Å². The molecular weight excluding hydrogens is 439 g/mol. The molecule has 5 fully saturated rings. The molecule has 0 radical (unpaired) electrons. The Labute approximate surface area is 199 Å². The molecule has 1 saturated carbocycles. The summed E-state index contributed by atoms with van der Waals surface area (Å²) in [6.45, 7) is 5.90. The number of hydrogen-bond donors (Lipinski definition) is 4. The molecule has 0 bridgehead atoms. The summed E-state index contributed by atoms with van der Waals surface area (Å²) in [5.41, 5.74) is 12.4. The summed E-state index contributed by atoms with van der Waals surface area (Å²) in [7, 11) is 0. The van der Waals surface area contributed by atoms with Gasteiger partial charge in [-0.25, -0.2) is 14.8 Å². The normalized spacial score (nSPS) is 34.9. The Morgan fingerprint density at radius 2 is 2.03 bits per heavy atom. The summed E-state index contributed by atoms with van der Waals surface area (Å²) in [4.78, 5) is 22.9. The quantitative estimate of drug-likeness (QED) is 0.461. The maximum Gasteiger partial charge on any atom is 0.233 e. The zero-order valence-electron chi connectivity index (χ0n) is 19.5. The number of anilines is 2. The lowest BCUT2D eigenvalue weighted by Crippen LogP contribution is -2.58. The van der Waals surface area contributed by atoms with E-state index < -0.39 is 18.3 Å². The summed E-state index contributed by atoms with van der Waals surface area (Å²) < 4.78 is 19.4. The number of piperazine rings is 1. The average Bonchev–Trinajstić information content (AvgIpc) is 3.42. The Kier molecular flexibility index (Phi) is 6.16. The molecule has 5 heterocycles. The highest BCUT2D eigenvalue weighted by Crippen LogP contribution is 2.46. The first kappa shape index (κ1) is 22.6. The summed E-state index contributed by atoms with van der Waals surface area (Å²) >= 11 is 0. The minimum absolute atomic E-state index is 0.171. The lowest BCUT2D eigenvalue weighted by molar-refractivity contribution is -0.121. The number of nitrogens with two attached hydrogens (primary N) is 1. The van der Waals surface area contributed by atoms with Crippen molar-refractivity contribution in [3.63, 3.8) is 0 Å². The second-order valence-electron chi connectivity index (χ2n) is 10.2. The number of nitrogens with zero attached hydrogens (tertiary/aromatic N) is 4. The second-order valence-corrected chi connectivity index (χ2v) is 10.2. The predicted molar refractivity (Wildman–Crippen MR) is 126 cm³/mol. The molecule has 1 aromatic rings. The highest BCUT2D eigenvalue weighted by atomic mass is 19.1. The number of amides is 1. The number of hydrazine groups is 1. The maximum atomic E-state index is 13.8. The zero-order valence-corrected chi connectivity index (χ0v) is 19.5. The fourth-order valence-corrected chi connectivity index (χ4v) is 5.92. The molecule has 5 N–H and O–H groups in total. The van der Waals surface area contributed by atoms with Crippen LogP contribution in [0.4, 0.5) is 15.8 Å². The molecule has 11 heteroatoms. The van der Waals surface area contributed by atoms with Gasteiger partial charge in [0.15, 0.2) is 0 Å². The van der Waals surface area contributed by atoms with E-state index in [1.54, 1.807) is 11.2 Å². The molecule has 5 aliphatic rings. The highest BCUT2D eigenvalue weighted by Gasteiger charge is 2.47. The Morgan fingerprint density at radius 1 is 1.21 bits per heavy atom. The van der Waals surface area contributed by atoms with Crippen LogP contribution in [0.25, 0.3) is 0 Å². The van der Waals surface area contributed by atoms with Crippen LogP contribution in [-0.4, -0.2) is 97.8 Å². The molecule has 0 spiro atoms. The summed E-state index contributed by atoms with van der Waals surface area (Å²) in [5, 5.41) is 8.01. The minimum atomic E-state index is -0.988. The molecule has 0 aromatic carbocycles. The van der Waals surface area contributed by atoms with Crippen molar-refractivity contribution < 1.29 is 13.9 Å². The van der Waals surface area contributed by atoms with Gasteiger partial charge in [-0.1, -0.05) is 0 Å². The van der Waals surface area contributed by atoms with Gasteiger partial charge in [0.05, 0.1) is 42.4 Å². The number of ether oxygens (including phenoxy) is 1. The van der Waals surface area contributed by atoms with Crippen LogP contribution in [0.15, 0.2) is 12.4 Å². The second kappa shape index (κ2) is 9.29. The summed E-state index contributed by atoms with van der Waals surface area (Å²) in [6, 6.07) is 0.521. The van der Waals surface area contributed by atoms with E-state index in [1.165, 1.54) is 5.56 Å². The number of rotatable bonds is 5. The van der Waals surface area contributed by atoms with Gasteiger partial charge in [-0.05, 0) is 30.7 Å². The van der Waals surface area contributed by atoms with E-state index in [1.807, 2.05) is 6.20 Å². The molecule has 6 rings (SSSR count). The minimum Gasteiger partial charge on any atom is -0.380 e. The van der Waals surface area contributed by atoms with Crippen molar-refractivity contribution in [2.24, 2.45) is 11.7 Å². The van der Waals surface area contributed by atoms with E-state index in [0.29, 0.717) is 12.0 Å². The number of alkyl halides is 1. The van der Waals surface area contributed by atoms with Crippen LogP contribution in [-0.2, 0) is 9.53 Å². The van der Waals surface area contributed by atoms with Crippen molar-refractivity contribution in [1.82, 2.24) is 25.6 Å². The molecular formula is C23H35FN8O2. The zero-order chi connectivity index (χ0) is 23.2. The largest absolute Gasteiger partial charge is 0.380 e. The predicted octanol–water partition coefficient (Wildman–Crippen LogP) is -0.203. The van der Waals surface area contributed by atoms with E-state index >= 15 is 0 Å². The van der Waals surface area contributed by atoms with E-state index in [2.05, 4.69) is 30.8 Å². The van der Waals surface area contributed by atoms with Crippen LogP contribution in [0.3, 0.4) is 0 Å². The molecule has 4 aliphatic heterocycles. The number of aromatic nitrogens is 1. The number of hydrogen-bond acceptors (Lipinski definition) is 9. The highest BCUT2D eigenvalue weighted by molar-refractivity contribution is 5.97. The first-order valence-electron chi connectivity index (χ1n) is 12.6. The van der Waals surface area contributed by atoms with Crippen molar-refractivity contribution in [3.05, 3.63) is 18.0 Å². The monoisotopic (exact) mass is 474 g/mol. The molecule has 1 aromatic heterocycles. The average molecular weight is 475 g/mol. The number of fused-ring (bicyclic) bond motifs is 1. The number of nitrogens with one attached hydrogen (secondary N) is 3. The van der Waals surface area contributed by atoms with Gasteiger partial charge < -0.3 is 20.7 Å². The Bertz CT molecular complexity index is 903. The van der Waals surface area contributed by atoms with Gasteiger partial charge in [-0.3, -0.25) is 20.0 Å². The Morgan fingerprint density at radius 3 is 2.76 bits per heavy atom. The van der Waals surface area contributed by atoms with Crippen molar-refractivity contribution in [3.8, 4) is 0 Å². The smallest absolute Gasteiger partial charge is 0.233 e. The third-order valence-corrected chi connectivity index (χ3v) is 7.90. The molecule has 186 valence electrons. The van der Waals surface area contributed by atoms with Gasteiger partial charge in [0.1, 0.15) is 6.17 Å². The summed E-state index contributed by atoms with van der Waals surface area (Å²) in [5.74, 6) is -0.202. The molecule has 4 unspecified atom stereocenters. The lowest BCUT2D eigenvalue weighted by atomic mass is 10.0. The molecule has 10 nitrogen and oxygen atoms in total. The SMILES string of the molecule is NC1NN2CC(F)CNC2C1C(=O)Nc1cncc(C2CC2)c1N1CCN([C@@H]2CCOC2)CC1. The maximum absolute atomic E-state index is 13.8. The number of pyridine rings is 1. The van der Waals surface area contributed by atoms with Gasteiger partial charge in [0.25, 0.3) is 0 Å². The fraction of sp³-hybridized carbons (Fsp3) is 0.739. The third kappa shape index (κ3) is 4.29. The molecule has 5 atom stereocenters. The standard InChI is InChI=1S/C23H35FN8O2/c24-15-9-27-22-19(21(25)29-32(22)12-15)23(33)28-18-11-26-10-17(14-1-2-14)20(18)31-6-4-30(5-7-31)16-3-8-34-13-16/h10-11,14-16,19,21-22,27,29H,1-9,12-13,25H2,(H,28,33)/t15?,16-,19?,21?,22?/m1/s1. The van der Waals surface area contributed by atoms with Crippen LogP contribution in [0, 0.1) is 5.92 Å². The van der Waals surface area contributed by atoms with Gasteiger partial charge >= 0.3 is 0 Å². The van der Waals surface area contributed by atoms with E-state index in [-0.39, 0.29) is 25.2 Å². The van der Waals surface area contributed by atoms with Crippen molar-refractivity contribution >= 4 is 17.3 Å². The van der Waals surface area contributed by atoms with E-state index in [4.69, 9.17) is 10.5 Å². The van der Waals surface area contributed by atoms with Crippen molar-refractivity contribution in [2.75, 3.05) is 62.7 Å². The van der Waals surface area contributed by atoms with Gasteiger partial charge in [0.2, 0.25) is 5.91 Å². The summed E-state index contributed by atoms with van der Waals surface area (Å²) in [6.07, 6.45) is 5.25. The number of halogens is 1. The lowest BCUT2D eigenvalue weighted by Gasteiger charge is -2.40. The molecule has 1 amide bonds. The van der Waals surface area contributed by atoms with Gasteiger partial charge in [-0.15, -0.1) is 0 Å². The van der Waals surface area contributed by atoms with Crippen LogP contribution in [0.5, 0.6) is 0 Å². The molecule has 1 aliphatic carbocycles. The van der Waals surface area contributed by atoms with E-state index in [9.17, 15) is 9.18 Å². The van der Waals surface area contributed by atoms with Crippen molar-refractivity contribution in [1.29, 1.82) is 0 Å². The topological polar surface area (TPSA) is 111 Å². The fourth-order valence-electron chi connectivity index (χ4n) is 5.92. The van der Waals surface area contributed by atoms with Crippen molar-refractivity contribution in [2.45, 2.75) is 49.7 Å².